The Morgan fingerprint density at radius 2 is 2.00 bits per heavy atom. The summed E-state index contributed by atoms with van der Waals surface area (Å²) < 4.78 is 53.2. The first-order valence-corrected chi connectivity index (χ1v) is 6.00. The van der Waals surface area contributed by atoms with E-state index in [0.717, 1.165) is 18.2 Å². The molecule has 0 amide bonds. The minimum atomic E-state index is -4.52. The molecule has 0 aliphatic rings. The fourth-order valence-electron chi connectivity index (χ4n) is 1.84. The first kappa shape index (κ1) is 14.4. The van der Waals surface area contributed by atoms with E-state index in [1.807, 2.05) is 6.92 Å². The van der Waals surface area contributed by atoms with E-state index in [-0.39, 0.29) is 5.69 Å². The number of nitrogens with zero attached hydrogens (tertiary/aromatic N) is 2. The molecular weight excluding hydrogens is 274 g/mol. The zero-order chi connectivity index (χ0) is 14.9. The Bertz CT molecular complexity index is 617. The van der Waals surface area contributed by atoms with Crippen LogP contribution < -0.4 is 5.32 Å². The van der Waals surface area contributed by atoms with Crippen LogP contribution in [0.3, 0.4) is 0 Å². The lowest BCUT2D eigenvalue weighted by molar-refractivity contribution is -0.137. The second-order valence-electron chi connectivity index (χ2n) is 4.27. The number of rotatable bonds is 3. The molecule has 1 heterocycles. The fourth-order valence-corrected chi connectivity index (χ4v) is 1.84. The SMILES string of the molecule is CCNc1nc(C)cn1-c1cc(C(F)(F)F)ccc1F. The lowest BCUT2D eigenvalue weighted by Crippen LogP contribution is -2.09. The molecule has 2 rings (SSSR count). The van der Waals surface area contributed by atoms with Gasteiger partial charge >= 0.3 is 6.18 Å². The second kappa shape index (κ2) is 5.15. The lowest BCUT2D eigenvalue weighted by atomic mass is 10.2. The Kier molecular flexibility index (Phi) is 3.69. The molecule has 0 fully saturated rings. The minimum Gasteiger partial charge on any atom is -0.356 e. The summed E-state index contributed by atoms with van der Waals surface area (Å²) in [5, 5.41) is 2.88. The van der Waals surface area contributed by atoms with Crippen molar-refractivity contribution in [2.75, 3.05) is 11.9 Å². The van der Waals surface area contributed by atoms with Crippen LogP contribution in [0.25, 0.3) is 5.69 Å². The van der Waals surface area contributed by atoms with E-state index in [1.54, 1.807) is 6.92 Å². The Hall–Kier alpha value is -2.05. The molecule has 0 spiro atoms. The van der Waals surface area contributed by atoms with Gasteiger partial charge in [-0.1, -0.05) is 0 Å². The van der Waals surface area contributed by atoms with Crippen LogP contribution in [0.4, 0.5) is 23.5 Å². The topological polar surface area (TPSA) is 29.9 Å². The molecule has 0 atom stereocenters. The van der Waals surface area contributed by atoms with Crippen LogP contribution in [0.1, 0.15) is 18.2 Å². The summed E-state index contributed by atoms with van der Waals surface area (Å²) in [4.78, 5) is 4.11. The second-order valence-corrected chi connectivity index (χ2v) is 4.27. The number of benzene rings is 1. The van der Waals surface area contributed by atoms with Crippen molar-refractivity contribution in [2.24, 2.45) is 0 Å². The number of aryl methyl sites for hydroxylation is 1. The van der Waals surface area contributed by atoms with Crippen LogP contribution in [0.15, 0.2) is 24.4 Å². The van der Waals surface area contributed by atoms with Gasteiger partial charge in [-0.3, -0.25) is 4.57 Å². The van der Waals surface area contributed by atoms with E-state index in [4.69, 9.17) is 0 Å². The summed E-state index contributed by atoms with van der Waals surface area (Å²) in [6, 6.07) is 2.30. The molecule has 0 aliphatic carbocycles. The highest BCUT2D eigenvalue weighted by atomic mass is 19.4. The first-order valence-electron chi connectivity index (χ1n) is 6.00. The summed E-state index contributed by atoms with van der Waals surface area (Å²) in [7, 11) is 0. The Labute approximate surface area is 113 Å². The molecule has 2 aromatic rings. The zero-order valence-electron chi connectivity index (χ0n) is 10.9. The van der Waals surface area contributed by atoms with Gasteiger partial charge in [-0.05, 0) is 32.0 Å². The van der Waals surface area contributed by atoms with E-state index < -0.39 is 17.6 Å². The van der Waals surface area contributed by atoms with Crippen LogP contribution in [-0.4, -0.2) is 16.1 Å². The fraction of sp³-hybridized carbons (Fsp3) is 0.308. The molecule has 3 nitrogen and oxygen atoms in total. The summed E-state index contributed by atoms with van der Waals surface area (Å²) in [5.74, 6) is -0.433. The molecule has 1 aromatic heterocycles. The van der Waals surface area contributed by atoms with Crippen LogP contribution in [0.5, 0.6) is 0 Å². The highest BCUT2D eigenvalue weighted by molar-refractivity contribution is 5.46. The minimum absolute atomic E-state index is 0.184. The van der Waals surface area contributed by atoms with Gasteiger partial charge in [0.25, 0.3) is 0 Å². The maximum absolute atomic E-state index is 13.8. The third-order valence-electron chi connectivity index (χ3n) is 2.69. The third kappa shape index (κ3) is 2.76. The largest absolute Gasteiger partial charge is 0.416 e. The van der Waals surface area contributed by atoms with Crippen LogP contribution >= 0.6 is 0 Å². The van der Waals surface area contributed by atoms with Crippen molar-refractivity contribution >= 4 is 5.95 Å². The van der Waals surface area contributed by atoms with E-state index in [9.17, 15) is 17.6 Å². The highest BCUT2D eigenvalue weighted by Gasteiger charge is 2.31. The summed E-state index contributed by atoms with van der Waals surface area (Å²) >= 11 is 0. The van der Waals surface area contributed by atoms with E-state index in [0.29, 0.717) is 18.2 Å². The van der Waals surface area contributed by atoms with Crippen molar-refractivity contribution in [2.45, 2.75) is 20.0 Å². The number of halogens is 4. The van der Waals surface area contributed by atoms with Gasteiger partial charge < -0.3 is 5.32 Å². The van der Waals surface area contributed by atoms with Crippen LogP contribution in [0, 0.1) is 12.7 Å². The molecule has 108 valence electrons. The highest BCUT2D eigenvalue weighted by Crippen LogP contribution is 2.32. The average molecular weight is 287 g/mol. The van der Waals surface area contributed by atoms with Crippen LogP contribution in [0.2, 0.25) is 0 Å². The standard InChI is InChI=1S/C13H13F4N3/c1-3-18-12-19-8(2)7-20(12)11-6-9(13(15,16)17)4-5-10(11)14/h4-7H,3H2,1-2H3,(H,18,19). The smallest absolute Gasteiger partial charge is 0.356 e. The van der Waals surface area contributed by atoms with Gasteiger partial charge in [0.05, 0.1) is 16.9 Å². The summed E-state index contributed by atoms with van der Waals surface area (Å²) in [5.41, 5.74) is -0.503. The van der Waals surface area contributed by atoms with Gasteiger partial charge in [-0.2, -0.15) is 13.2 Å². The number of imidazole rings is 1. The predicted octanol–water partition coefficient (Wildman–Crippen LogP) is 3.77. The summed E-state index contributed by atoms with van der Waals surface area (Å²) in [6.45, 7) is 4.02. The normalized spacial score (nSPS) is 11.7. The van der Waals surface area contributed by atoms with Crippen molar-refractivity contribution < 1.29 is 17.6 Å². The maximum Gasteiger partial charge on any atom is 0.416 e. The number of aromatic nitrogens is 2. The predicted molar refractivity (Wildman–Crippen MR) is 67.4 cm³/mol. The van der Waals surface area contributed by atoms with Crippen molar-refractivity contribution in [1.82, 2.24) is 9.55 Å². The molecule has 1 N–H and O–H groups in total. The van der Waals surface area contributed by atoms with Crippen molar-refractivity contribution in [3.8, 4) is 5.69 Å². The van der Waals surface area contributed by atoms with E-state index in [1.165, 1.54) is 10.8 Å². The molecule has 1 aromatic carbocycles. The molecule has 0 saturated carbocycles. The maximum atomic E-state index is 13.8. The van der Waals surface area contributed by atoms with Gasteiger partial charge in [0.2, 0.25) is 5.95 Å². The van der Waals surface area contributed by atoms with Crippen LogP contribution in [-0.2, 0) is 6.18 Å². The average Bonchev–Trinajstić information content (AvgIpc) is 2.70. The first-order chi connectivity index (χ1) is 9.32. The molecule has 7 heteroatoms. The molecular formula is C13H13F4N3. The lowest BCUT2D eigenvalue weighted by Gasteiger charge is -2.12. The Morgan fingerprint density at radius 3 is 2.60 bits per heavy atom. The molecule has 0 radical (unpaired) electrons. The van der Waals surface area contributed by atoms with Crippen molar-refractivity contribution in [3.05, 3.63) is 41.5 Å². The number of hydrogen-bond acceptors (Lipinski definition) is 2. The Morgan fingerprint density at radius 1 is 1.30 bits per heavy atom. The quantitative estimate of drug-likeness (QED) is 0.871. The van der Waals surface area contributed by atoms with E-state index >= 15 is 0 Å². The molecule has 0 aliphatic heterocycles. The van der Waals surface area contributed by atoms with Gasteiger partial charge in [-0.25, -0.2) is 9.37 Å². The zero-order valence-corrected chi connectivity index (χ0v) is 10.9. The third-order valence-corrected chi connectivity index (χ3v) is 2.69. The molecule has 0 bridgehead atoms. The number of anilines is 1. The van der Waals surface area contributed by atoms with Gasteiger partial charge in [-0.15, -0.1) is 0 Å². The van der Waals surface area contributed by atoms with Gasteiger partial charge in [0.15, 0.2) is 0 Å². The summed E-state index contributed by atoms with van der Waals surface area (Å²) in [6.07, 6.45) is -3.03. The number of hydrogen-bond donors (Lipinski definition) is 1. The molecule has 20 heavy (non-hydrogen) atoms. The van der Waals surface area contributed by atoms with Gasteiger partial charge in [0, 0.05) is 12.7 Å². The van der Waals surface area contributed by atoms with E-state index in [2.05, 4.69) is 10.3 Å². The van der Waals surface area contributed by atoms with Gasteiger partial charge in [0.1, 0.15) is 5.82 Å². The Balaban J connectivity index is 2.57. The molecule has 0 saturated heterocycles. The molecule has 0 unspecified atom stereocenters. The van der Waals surface area contributed by atoms with Crippen molar-refractivity contribution in [3.63, 3.8) is 0 Å². The number of alkyl halides is 3. The van der Waals surface area contributed by atoms with Crippen molar-refractivity contribution in [1.29, 1.82) is 0 Å². The monoisotopic (exact) mass is 287 g/mol. The number of nitrogens with one attached hydrogen (secondary N) is 1.